The van der Waals surface area contributed by atoms with Gasteiger partial charge >= 0.3 is 11.9 Å². The lowest BCUT2D eigenvalue weighted by Gasteiger charge is -2.33. The van der Waals surface area contributed by atoms with Crippen molar-refractivity contribution in [1.82, 2.24) is 0 Å². The van der Waals surface area contributed by atoms with Crippen LogP contribution in [0.25, 0.3) is 0 Å². The van der Waals surface area contributed by atoms with Gasteiger partial charge in [0.2, 0.25) is 5.60 Å². The number of hydrogen-bond acceptors (Lipinski definition) is 6. The largest absolute Gasteiger partial charge is 0.466 e. The lowest BCUT2D eigenvalue weighted by molar-refractivity contribution is -0.157. The Kier molecular flexibility index (Phi) is 5.41. The maximum Gasteiger partial charge on any atom is 0.330 e. The highest BCUT2D eigenvalue weighted by Crippen LogP contribution is 2.50. The Labute approximate surface area is 149 Å². The number of rotatable bonds is 3. The van der Waals surface area contributed by atoms with E-state index in [0.717, 1.165) is 0 Å². The molecule has 7 heteroatoms. The van der Waals surface area contributed by atoms with Crippen molar-refractivity contribution in [2.24, 2.45) is 11.8 Å². The summed E-state index contributed by atoms with van der Waals surface area (Å²) in [5.74, 6) is 1.82. The van der Waals surface area contributed by atoms with Crippen molar-refractivity contribution in [2.75, 3.05) is 7.11 Å². The van der Waals surface area contributed by atoms with Gasteiger partial charge in [-0.2, -0.15) is 5.26 Å². The summed E-state index contributed by atoms with van der Waals surface area (Å²) in [4.78, 5) is 22.9. The normalized spacial score (nSPS) is 33.4. The van der Waals surface area contributed by atoms with Crippen molar-refractivity contribution >= 4 is 20.0 Å². The molecule has 5 atom stereocenters. The number of carbonyl (C=O) groups is 2. The fourth-order valence-electron chi connectivity index (χ4n) is 3.26. The molecule has 2 rings (SSSR count). The second-order valence-corrected chi connectivity index (χ2v) is 12.1. The van der Waals surface area contributed by atoms with E-state index in [1.807, 2.05) is 0 Å². The summed E-state index contributed by atoms with van der Waals surface area (Å²) >= 11 is 0. The molecule has 25 heavy (non-hydrogen) atoms. The molecule has 0 aromatic rings. The minimum Gasteiger partial charge on any atom is -0.466 e. The SMILES string of the molecule is COC(=O)/C=C/[C@H]1[C@@H](C#C[Si](C)(C)C)[C@H]2O[C@@H]1C[C@@]2(C#N)OC(C)=O. The highest BCUT2D eigenvalue weighted by Gasteiger charge is 2.63. The Hall–Kier alpha value is -2.09. The number of esters is 2. The highest BCUT2D eigenvalue weighted by atomic mass is 28.3. The summed E-state index contributed by atoms with van der Waals surface area (Å²) in [6.07, 6.45) is 2.41. The van der Waals surface area contributed by atoms with Crippen molar-refractivity contribution in [3.8, 4) is 17.5 Å². The molecule has 2 aliphatic rings. The van der Waals surface area contributed by atoms with Crippen LogP contribution < -0.4 is 0 Å². The lowest BCUT2D eigenvalue weighted by atomic mass is 9.72. The minimum absolute atomic E-state index is 0.148. The van der Waals surface area contributed by atoms with E-state index in [1.54, 1.807) is 6.08 Å². The van der Waals surface area contributed by atoms with Crippen LogP contribution in [0.5, 0.6) is 0 Å². The van der Waals surface area contributed by atoms with Gasteiger partial charge in [0.1, 0.15) is 20.2 Å². The minimum atomic E-state index is -1.65. The topological polar surface area (TPSA) is 85.6 Å². The molecule has 0 aromatic heterocycles. The maximum absolute atomic E-state index is 11.5. The third kappa shape index (κ3) is 4.12. The van der Waals surface area contributed by atoms with Gasteiger partial charge in [0, 0.05) is 25.3 Å². The van der Waals surface area contributed by atoms with E-state index >= 15 is 0 Å². The van der Waals surface area contributed by atoms with Crippen molar-refractivity contribution in [2.45, 2.75) is 50.8 Å². The van der Waals surface area contributed by atoms with Gasteiger partial charge in [0.05, 0.1) is 19.1 Å². The molecule has 0 aromatic carbocycles. The molecular formula is C18H23NO5Si. The smallest absolute Gasteiger partial charge is 0.330 e. The molecule has 2 heterocycles. The van der Waals surface area contributed by atoms with E-state index in [4.69, 9.17) is 9.47 Å². The molecule has 0 aliphatic carbocycles. The van der Waals surface area contributed by atoms with Crippen LogP contribution in [0, 0.1) is 34.6 Å². The molecule has 0 amide bonds. The number of carbonyl (C=O) groups excluding carboxylic acids is 2. The Morgan fingerprint density at radius 1 is 1.36 bits per heavy atom. The van der Waals surface area contributed by atoms with Crippen molar-refractivity contribution in [3.05, 3.63) is 12.2 Å². The van der Waals surface area contributed by atoms with Crippen LogP contribution in [0.2, 0.25) is 19.6 Å². The van der Waals surface area contributed by atoms with Crippen molar-refractivity contribution < 1.29 is 23.8 Å². The molecule has 6 nitrogen and oxygen atoms in total. The van der Waals surface area contributed by atoms with Gasteiger partial charge in [0.25, 0.3) is 0 Å². The van der Waals surface area contributed by atoms with Gasteiger partial charge in [-0.05, 0) is 0 Å². The van der Waals surface area contributed by atoms with Gasteiger partial charge in [-0.25, -0.2) is 4.79 Å². The molecule has 0 saturated carbocycles. The number of nitriles is 1. The van der Waals surface area contributed by atoms with Crippen LogP contribution in [-0.4, -0.2) is 44.9 Å². The third-order valence-corrected chi connectivity index (χ3v) is 5.13. The Bertz CT molecular complexity index is 693. The van der Waals surface area contributed by atoms with Crippen LogP contribution >= 0.6 is 0 Å². The molecule has 2 bridgehead atoms. The molecule has 134 valence electrons. The predicted molar refractivity (Wildman–Crippen MR) is 92.6 cm³/mol. The fraction of sp³-hybridized carbons (Fsp3) is 0.611. The van der Waals surface area contributed by atoms with Crippen LogP contribution in [0.1, 0.15) is 13.3 Å². The van der Waals surface area contributed by atoms with Crippen LogP contribution in [-0.2, 0) is 23.8 Å². The third-order valence-electron chi connectivity index (χ3n) is 4.24. The van der Waals surface area contributed by atoms with Gasteiger partial charge in [-0.1, -0.05) is 25.7 Å². The first-order valence-corrected chi connectivity index (χ1v) is 11.7. The zero-order valence-corrected chi connectivity index (χ0v) is 16.2. The average Bonchev–Trinajstić information content (AvgIpc) is 3.04. The Morgan fingerprint density at radius 2 is 2.04 bits per heavy atom. The standard InChI is InChI=1S/C18H23NO5Si/c1-12(20)24-18(11-19)10-15-13(6-7-16(21)22-2)14(17(18)23-15)8-9-25(3,4)5/h6-7,13-15,17H,10H2,1-5H3/b7-6+/t13-,14+,15+,17+,18-/m0/s1. The maximum atomic E-state index is 11.5. The molecule has 0 unspecified atom stereocenters. The summed E-state index contributed by atoms with van der Waals surface area (Å²) in [6, 6.07) is 2.12. The summed E-state index contributed by atoms with van der Waals surface area (Å²) < 4.78 is 15.9. The predicted octanol–water partition coefficient (Wildman–Crippen LogP) is 1.83. The summed E-state index contributed by atoms with van der Waals surface area (Å²) in [6.45, 7) is 7.65. The van der Waals surface area contributed by atoms with Crippen LogP contribution in [0.3, 0.4) is 0 Å². The average molecular weight is 361 g/mol. The van der Waals surface area contributed by atoms with Gasteiger partial charge in [0.15, 0.2) is 0 Å². The first kappa shape index (κ1) is 19.2. The highest BCUT2D eigenvalue weighted by molar-refractivity contribution is 6.83. The Morgan fingerprint density at radius 3 is 2.56 bits per heavy atom. The zero-order chi connectivity index (χ0) is 18.8. The van der Waals surface area contributed by atoms with E-state index < -0.39 is 31.7 Å². The molecule has 2 saturated heterocycles. The molecule has 0 spiro atoms. The van der Waals surface area contributed by atoms with E-state index in [1.165, 1.54) is 20.1 Å². The van der Waals surface area contributed by atoms with Crippen LogP contribution in [0.4, 0.5) is 0 Å². The first-order valence-electron chi connectivity index (χ1n) is 8.17. The van der Waals surface area contributed by atoms with Gasteiger partial charge in [-0.15, -0.1) is 11.5 Å². The van der Waals surface area contributed by atoms with E-state index in [-0.39, 0.29) is 24.4 Å². The van der Waals surface area contributed by atoms with E-state index in [0.29, 0.717) is 0 Å². The second-order valence-electron chi connectivity index (χ2n) is 7.40. The molecular weight excluding hydrogens is 338 g/mol. The van der Waals surface area contributed by atoms with E-state index in [9.17, 15) is 14.9 Å². The van der Waals surface area contributed by atoms with Gasteiger partial charge in [-0.3, -0.25) is 4.79 Å². The lowest BCUT2D eigenvalue weighted by Crippen LogP contribution is -2.48. The molecule has 2 fully saturated rings. The molecule has 2 aliphatic heterocycles. The number of ether oxygens (including phenoxy) is 3. The van der Waals surface area contributed by atoms with E-state index in [2.05, 4.69) is 41.9 Å². The second kappa shape index (κ2) is 7.03. The summed E-state index contributed by atoms with van der Waals surface area (Å²) in [7, 11) is -0.332. The fourth-order valence-corrected chi connectivity index (χ4v) is 3.86. The van der Waals surface area contributed by atoms with Crippen molar-refractivity contribution in [3.63, 3.8) is 0 Å². The van der Waals surface area contributed by atoms with Crippen LogP contribution in [0.15, 0.2) is 12.2 Å². The number of fused-ring (bicyclic) bond motifs is 2. The number of methoxy groups -OCH3 is 1. The first-order chi connectivity index (χ1) is 11.6. The quantitative estimate of drug-likeness (QED) is 0.330. The summed E-state index contributed by atoms with van der Waals surface area (Å²) in [5.41, 5.74) is 1.99. The number of nitrogens with zero attached hydrogens (tertiary/aromatic N) is 1. The summed E-state index contributed by atoms with van der Waals surface area (Å²) in [5, 5.41) is 9.64. The zero-order valence-electron chi connectivity index (χ0n) is 15.2. The van der Waals surface area contributed by atoms with Crippen molar-refractivity contribution in [1.29, 1.82) is 5.26 Å². The molecule has 0 N–H and O–H groups in total. The molecule has 0 radical (unpaired) electrons. The van der Waals surface area contributed by atoms with Gasteiger partial charge < -0.3 is 14.2 Å². The number of hydrogen-bond donors (Lipinski definition) is 0. The Balaban J connectivity index is 2.37. The monoisotopic (exact) mass is 361 g/mol.